The molecule has 4 rings (SSSR count). The number of nitriles is 1. The van der Waals surface area contributed by atoms with Crippen LogP contribution in [0.1, 0.15) is 58.8 Å². The summed E-state index contributed by atoms with van der Waals surface area (Å²) in [5, 5.41) is 30.0. The van der Waals surface area contributed by atoms with E-state index < -0.39 is 6.10 Å². The number of aliphatic hydroxyl groups is 2. The van der Waals surface area contributed by atoms with Crippen LogP contribution in [-0.4, -0.2) is 22.4 Å². The van der Waals surface area contributed by atoms with E-state index in [-0.39, 0.29) is 22.9 Å². The lowest BCUT2D eigenvalue weighted by atomic mass is 9.47. The second kappa shape index (κ2) is 5.07. The Morgan fingerprint density at radius 3 is 2.70 bits per heavy atom. The van der Waals surface area contributed by atoms with Crippen molar-refractivity contribution in [1.82, 2.24) is 0 Å². The number of allylic oxidation sites excluding steroid dienone is 1. The average Bonchev–Trinajstić information content (AvgIpc) is 2.77. The Morgan fingerprint density at radius 1 is 1.17 bits per heavy atom. The van der Waals surface area contributed by atoms with Crippen molar-refractivity contribution < 1.29 is 10.2 Å². The molecule has 4 aliphatic carbocycles. The standard InChI is InChI=1S/C20H29NO2/c1-19-7-5-13(22)9-12(19)3-4-14-15(19)6-8-20(2)16(14)10-18(23)17(20)11-21/h3,13-18,22-23H,4-10H2,1-2H3/t13-,14?,15?,16?,17?,18+,19-,20-/m0/s1. The van der Waals surface area contributed by atoms with E-state index in [1.807, 2.05) is 0 Å². The van der Waals surface area contributed by atoms with Crippen molar-refractivity contribution in [3.05, 3.63) is 11.6 Å². The van der Waals surface area contributed by atoms with E-state index in [4.69, 9.17) is 0 Å². The first-order valence-corrected chi connectivity index (χ1v) is 9.35. The van der Waals surface area contributed by atoms with Crippen molar-refractivity contribution >= 4 is 0 Å². The Morgan fingerprint density at radius 2 is 1.96 bits per heavy atom. The number of nitrogens with zero attached hydrogens (tertiary/aromatic N) is 1. The summed E-state index contributed by atoms with van der Waals surface area (Å²) in [4.78, 5) is 0. The maximum atomic E-state index is 10.4. The first-order chi connectivity index (χ1) is 10.9. The molecule has 126 valence electrons. The van der Waals surface area contributed by atoms with Crippen LogP contribution in [-0.2, 0) is 0 Å². The highest BCUT2D eigenvalue weighted by Crippen LogP contribution is 2.66. The summed E-state index contributed by atoms with van der Waals surface area (Å²) in [6.45, 7) is 4.67. The molecule has 3 heteroatoms. The number of hydrogen-bond donors (Lipinski definition) is 2. The third kappa shape index (κ3) is 2.01. The molecule has 3 saturated carbocycles. The summed E-state index contributed by atoms with van der Waals surface area (Å²) in [5.74, 6) is 1.55. The molecule has 0 bridgehead atoms. The zero-order chi connectivity index (χ0) is 16.4. The third-order valence-corrected chi connectivity index (χ3v) is 8.25. The van der Waals surface area contributed by atoms with Crippen molar-refractivity contribution in [1.29, 1.82) is 5.26 Å². The summed E-state index contributed by atoms with van der Waals surface area (Å²) >= 11 is 0. The highest BCUT2D eigenvalue weighted by atomic mass is 16.3. The van der Waals surface area contributed by atoms with Crippen LogP contribution in [0, 0.1) is 45.8 Å². The number of rotatable bonds is 0. The predicted molar refractivity (Wildman–Crippen MR) is 88.2 cm³/mol. The monoisotopic (exact) mass is 315 g/mol. The second-order valence-electron chi connectivity index (χ2n) is 9.11. The second-order valence-corrected chi connectivity index (χ2v) is 9.11. The van der Waals surface area contributed by atoms with Crippen molar-refractivity contribution in [3.8, 4) is 6.07 Å². The van der Waals surface area contributed by atoms with E-state index in [2.05, 4.69) is 26.0 Å². The molecule has 2 N–H and O–H groups in total. The highest BCUT2D eigenvalue weighted by molar-refractivity contribution is 5.26. The summed E-state index contributed by atoms with van der Waals surface area (Å²) in [6.07, 6.45) is 8.79. The Balaban J connectivity index is 1.69. The van der Waals surface area contributed by atoms with Gasteiger partial charge in [-0.3, -0.25) is 0 Å². The first-order valence-electron chi connectivity index (χ1n) is 9.35. The van der Waals surface area contributed by atoms with E-state index in [0.717, 1.165) is 38.5 Å². The molecule has 23 heavy (non-hydrogen) atoms. The van der Waals surface area contributed by atoms with Gasteiger partial charge in [0.05, 0.1) is 24.2 Å². The first kappa shape index (κ1) is 15.7. The van der Waals surface area contributed by atoms with Crippen LogP contribution >= 0.6 is 0 Å². The fourth-order valence-corrected chi connectivity index (χ4v) is 6.89. The van der Waals surface area contributed by atoms with E-state index in [1.165, 1.54) is 12.0 Å². The van der Waals surface area contributed by atoms with Gasteiger partial charge in [-0.2, -0.15) is 5.26 Å². The molecule has 0 aromatic carbocycles. The van der Waals surface area contributed by atoms with Gasteiger partial charge in [-0.25, -0.2) is 0 Å². The van der Waals surface area contributed by atoms with Gasteiger partial charge in [0.25, 0.3) is 0 Å². The molecule has 0 saturated heterocycles. The van der Waals surface area contributed by atoms with Gasteiger partial charge in [0.2, 0.25) is 0 Å². The molecular weight excluding hydrogens is 286 g/mol. The van der Waals surface area contributed by atoms with E-state index >= 15 is 0 Å². The largest absolute Gasteiger partial charge is 0.393 e. The number of aliphatic hydroxyl groups excluding tert-OH is 2. The SMILES string of the molecule is C[C@]12CCC3C(CC=C4C[C@@H](O)CC[C@@]43C)C1C[C@@H](O)C2C#N. The fraction of sp³-hybridized carbons (Fsp3) is 0.850. The lowest BCUT2D eigenvalue weighted by Crippen LogP contribution is -2.50. The molecule has 0 aliphatic heterocycles. The van der Waals surface area contributed by atoms with Crippen molar-refractivity contribution in [2.24, 2.45) is 34.5 Å². The Hall–Kier alpha value is -0.850. The van der Waals surface area contributed by atoms with Crippen LogP contribution in [0.3, 0.4) is 0 Å². The number of fused-ring (bicyclic) bond motifs is 5. The zero-order valence-electron chi connectivity index (χ0n) is 14.3. The van der Waals surface area contributed by atoms with Gasteiger partial charge >= 0.3 is 0 Å². The van der Waals surface area contributed by atoms with Gasteiger partial charge in [0.1, 0.15) is 0 Å². The molecular formula is C20H29NO2. The van der Waals surface area contributed by atoms with Crippen LogP contribution in [0.25, 0.3) is 0 Å². The fourth-order valence-electron chi connectivity index (χ4n) is 6.89. The van der Waals surface area contributed by atoms with E-state index in [0.29, 0.717) is 17.8 Å². The average molecular weight is 315 g/mol. The van der Waals surface area contributed by atoms with Gasteiger partial charge in [0, 0.05) is 0 Å². The molecule has 0 heterocycles. The summed E-state index contributed by atoms with van der Waals surface area (Å²) < 4.78 is 0. The smallest absolute Gasteiger partial charge is 0.0779 e. The van der Waals surface area contributed by atoms with Gasteiger partial charge in [-0.1, -0.05) is 25.5 Å². The maximum absolute atomic E-state index is 10.4. The van der Waals surface area contributed by atoms with Crippen molar-refractivity contribution in [3.63, 3.8) is 0 Å². The maximum Gasteiger partial charge on any atom is 0.0779 e. The van der Waals surface area contributed by atoms with Crippen LogP contribution in [0.5, 0.6) is 0 Å². The molecule has 3 nitrogen and oxygen atoms in total. The molecule has 0 amide bonds. The summed E-state index contributed by atoms with van der Waals surface area (Å²) in [7, 11) is 0. The molecule has 0 aromatic rings. The molecule has 4 aliphatic rings. The highest BCUT2D eigenvalue weighted by Gasteiger charge is 2.61. The van der Waals surface area contributed by atoms with Gasteiger partial charge < -0.3 is 10.2 Å². The van der Waals surface area contributed by atoms with Crippen LogP contribution in [0.15, 0.2) is 11.6 Å². The lowest BCUT2D eigenvalue weighted by molar-refractivity contribution is -0.0440. The third-order valence-electron chi connectivity index (χ3n) is 8.25. The minimum Gasteiger partial charge on any atom is -0.393 e. The molecule has 0 spiro atoms. The predicted octanol–water partition coefficient (Wildman–Crippen LogP) is 3.42. The lowest BCUT2D eigenvalue weighted by Gasteiger charge is -2.57. The Bertz CT molecular complexity index is 579. The molecule has 4 unspecified atom stereocenters. The zero-order valence-corrected chi connectivity index (χ0v) is 14.3. The van der Waals surface area contributed by atoms with E-state index in [1.54, 1.807) is 0 Å². The summed E-state index contributed by atoms with van der Waals surface area (Å²) in [5.41, 5.74) is 1.71. The Kier molecular flexibility index (Phi) is 3.45. The van der Waals surface area contributed by atoms with Crippen LogP contribution in [0.2, 0.25) is 0 Å². The Labute approximate surface area is 139 Å². The molecule has 0 aromatic heterocycles. The number of hydrogen-bond acceptors (Lipinski definition) is 3. The normalized spacial score (nSPS) is 55.2. The van der Waals surface area contributed by atoms with Crippen LogP contribution < -0.4 is 0 Å². The van der Waals surface area contributed by atoms with E-state index in [9.17, 15) is 15.5 Å². The van der Waals surface area contributed by atoms with Crippen molar-refractivity contribution in [2.75, 3.05) is 0 Å². The minimum atomic E-state index is -0.444. The molecule has 0 radical (unpaired) electrons. The van der Waals surface area contributed by atoms with Gasteiger partial charge in [0.15, 0.2) is 0 Å². The molecule has 8 atom stereocenters. The summed E-state index contributed by atoms with van der Waals surface area (Å²) in [6, 6.07) is 2.42. The topological polar surface area (TPSA) is 64.2 Å². The quantitative estimate of drug-likeness (QED) is 0.673. The molecule has 3 fully saturated rings. The van der Waals surface area contributed by atoms with Gasteiger partial charge in [-0.15, -0.1) is 0 Å². The van der Waals surface area contributed by atoms with Gasteiger partial charge in [-0.05, 0) is 73.5 Å². The van der Waals surface area contributed by atoms with Crippen LogP contribution in [0.4, 0.5) is 0 Å². The minimum absolute atomic E-state index is 0.00871. The van der Waals surface area contributed by atoms with Crippen molar-refractivity contribution in [2.45, 2.75) is 71.0 Å².